The van der Waals surface area contributed by atoms with E-state index in [-0.39, 0.29) is 18.3 Å². The lowest BCUT2D eigenvalue weighted by Crippen LogP contribution is -2.38. The van der Waals surface area contributed by atoms with Crippen molar-refractivity contribution in [2.45, 2.75) is 0 Å². The minimum absolute atomic E-state index is 0.0569. The van der Waals surface area contributed by atoms with Crippen LogP contribution in [0.2, 0.25) is 0 Å². The molecular weight excluding hydrogens is 484 g/mol. The van der Waals surface area contributed by atoms with Gasteiger partial charge in [-0.3, -0.25) is 19.8 Å². The Bertz CT molecular complexity index is 1440. The van der Waals surface area contributed by atoms with Gasteiger partial charge >= 0.3 is 0 Å². The minimum atomic E-state index is -0.445. The molecule has 4 aromatic carbocycles. The van der Waals surface area contributed by atoms with E-state index >= 15 is 0 Å². The molecule has 0 aromatic heterocycles. The molecule has 0 unspecified atom stereocenters. The van der Waals surface area contributed by atoms with Crippen LogP contribution in [-0.2, 0) is 4.79 Å². The molecule has 1 fully saturated rings. The van der Waals surface area contributed by atoms with Gasteiger partial charge in [-0.2, -0.15) is 0 Å². The normalized spacial score (nSPS) is 15.4. The fourth-order valence-electron chi connectivity index (χ4n) is 3.92. The van der Waals surface area contributed by atoms with Gasteiger partial charge in [0.15, 0.2) is 5.17 Å². The summed E-state index contributed by atoms with van der Waals surface area (Å²) in [4.78, 5) is 33.6. The molecule has 182 valence electrons. The number of nitro groups is 1. The van der Waals surface area contributed by atoms with E-state index in [4.69, 9.17) is 4.99 Å². The van der Waals surface area contributed by atoms with Gasteiger partial charge in [-0.05, 0) is 60.3 Å². The van der Waals surface area contributed by atoms with Gasteiger partial charge < -0.3 is 4.90 Å². The third-order valence-corrected chi connectivity index (χ3v) is 6.71. The number of para-hydroxylation sites is 4. The van der Waals surface area contributed by atoms with E-state index in [1.807, 2.05) is 95.9 Å². The van der Waals surface area contributed by atoms with Crippen molar-refractivity contribution in [1.29, 1.82) is 0 Å². The Balaban J connectivity index is 1.57. The standard InChI is InChI=1S/C29H22N4O3S/c34-28-27(20-22-12-10-11-19-26(22)33(35)36)37-29(30-23-13-4-1-5-14-23)32(28)21-31(24-15-6-2-7-16-24)25-17-8-3-9-18-25/h1-20H,21H2/b27-20-,30-29?. The van der Waals surface area contributed by atoms with Crippen molar-refractivity contribution < 1.29 is 9.72 Å². The lowest BCUT2D eigenvalue weighted by Gasteiger charge is -2.29. The summed E-state index contributed by atoms with van der Waals surface area (Å²) in [6, 6.07) is 35.4. The predicted octanol–water partition coefficient (Wildman–Crippen LogP) is 6.99. The quantitative estimate of drug-likeness (QED) is 0.153. The molecule has 1 amide bonds. The van der Waals surface area contributed by atoms with E-state index in [9.17, 15) is 14.9 Å². The summed E-state index contributed by atoms with van der Waals surface area (Å²) in [5.41, 5.74) is 2.86. The molecular formula is C29H22N4O3S. The maximum Gasteiger partial charge on any atom is 0.276 e. The van der Waals surface area contributed by atoms with Crippen molar-refractivity contribution in [3.05, 3.63) is 136 Å². The molecule has 1 saturated heterocycles. The number of nitro benzene ring substituents is 1. The fraction of sp³-hybridized carbons (Fsp3) is 0.0345. The number of rotatable bonds is 7. The van der Waals surface area contributed by atoms with Crippen LogP contribution in [0.25, 0.3) is 6.08 Å². The first-order chi connectivity index (χ1) is 18.1. The number of carbonyl (C=O) groups excluding carboxylic acids is 1. The SMILES string of the molecule is O=C1/C(=C/c2ccccc2[N+](=O)[O-])SC(=Nc2ccccc2)N1CN(c1ccccc1)c1ccccc1. The third kappa shape index (κ3) is 5.44. The number of thioether (sulfide) groups is 1. The monoisotopic (exact) mass is 506 g/mol. The Morgan fingerprint density at radius 2 is 1.35 bits per heavy atom. The van der Waals surface area contributed by atoms with E-state index < -0.39 is 4.92 Å². The second-order valence-electron chi connectivity index (χ2n) is 8.13. The lowest BCUT2D eigenvalue weighted by atomic mass is 10.1. The van der Waals surface area contributed by atoms with E-state index in [0.717, 1.165) is 11.4 Å². The third-order valence-electron chi connectivity index (χ3n) is 5.71. The van der Waals surface area contributed by atoms with Crippen LogP contribution >= 0.6 is 11.8 Å². The van der Waals surface area contributed by atoms with Gasteiger partial charge in [-0.1, -0.05) is 66.7 Å². The molecule has 1 aliphatic rings. The number of benzene rings is 4. The molecule has 0 atom stereocenters. The Morgan fingerprint density at radius 3 is 1.95 bits per heavy atom. The molecule has 0 N–H and O–H groups in total. The Kier molecular flexibility index (Phi) is 7.09. The van der Waals surface area contributed by atoms with Crippen molar-refractivity contribution >= 4 is 51.7 Å². The number of carbonyl (C=O) groups is 1. The molecule has 37 heavy (non-hydrogen) atoms. The van der Waals surface area contributed by atoms with Crippen molar-refractivity contribution in [3.63, 3.8) is 0 Å². The smallest absolute Gasteiger partial charge is 0.276 e. The van der Waals surface area contributed by atoms with Crippen LogP contribution < -0.4 is 4.90 Å². The van der Waals surface area contributed by atoms with Crippen molar-refractivity contribution in [2.24, 2.45) is 4.99 Å². The summed E-state index contributed by atoms with van der Waals surface area (Å²) in [5, 5.41) is 12.0. The first-order valence-corrected chi connectivity index (χ1v) is 12.4. The lowest BCUT2D eigenvalue weighted by molar-refractivity contribution is -0.385. The highest BCUT2D eigenvalue weighted by molar-refractivity contribution is 8.18. The molecule has 0 spiro atoms. The van der Waals surface area contributed by atoms with E-state index in [2.05, 4.69) is 0 Å². The Morgan fingerprint density at radius 1 is 0.811 bits per heavy atom. The number of amides is 1. The molecule has 0 bridgehead atoms. The molecule has 1 heterocycles. The van der Waals surface area contributed by atoms with E-state index in [1.54, 1.807) is 29.2 Å². The predicted molar refractivity (Wildman–Crippen MR) is 149 cm³/mol. The molecule has 7 nitrogen and oxygen atoms in total. The first-order valence-electron chi connectivity index (χ1n) is 11.6. The van der Waals surface area contributed by atoms with Gasteiger partial charge in [0.25, 0.3) is 11.6 Å². The zero-order valence-corrected chi connectivity index (χ0v) is 20.5. The van der Waals surface area contributed by atoms with Crippen LogP contribution in [0.3, 0.4) is 0 Å². The Hall–Kier alpha value is -4.69. The summed E-state index contributed by atoms with van der Waals surface area (Å²) < 4.78 is 0. The zero-order chi connectivity index (χ0) is 25.6. The van der Waals surface area contributed by atoms with Crippen LogP contribution in [-0.4, -0.2) is 27.6 Å². The topological polar surface area (TPSA) is 79.0 Å². The first kappa shape index (κ1) is 24.0. The molecule has 1 aliphatic heterocycles. The van der Waals surface area contributed by atoms with Crippen LogP contribution in [0.5, 0.6) is 0 Å². The van der Waals surface area contributed by atoms with E-state index in [0.29, 0.717) is 21.3 Å². The average molecular weight is 507 g/mol. The number of hydrogen-bond donors (Lipinski definition) is 0. The average Bonchev–Trinajstić information content (AvgIpc) is 3.22. The molecule has 0 radical (unpaired) electrons. The number of amidine groups is 1. The van der Waals surface area contributed by atoms with Gasteiger partial charge in [0.2, 0.25) is 0 Å². The second-order valence-corrected chi connectivity index (χ2v) is 9.14. The molecule has 5 rings (SSSR count). The molecule has 0 aliphatic carbocycles. The number of nitrogens with zero attached hydrogens (tertiary/aromatic N) is 4. The largest absolute Gasteiger partial charge is 0.323 e. The van der Waals surface area contributed by atoms with Crippen molar-refractivity contribution in [3.8, 4) is 0 Å². The summed E-state index contributed by atoms with van der Waals surface area (Å²) >= 11 is 1.21. The molecule has 0 saturated carbocycles. The zero-order valence-electron chi connectivity index (χ0n) is 19.7. The molecule has 8 heteroatoms. The highest BCUT2D eigenvalue weighted by Crippen LogP contribution is 2.37. The molecule has 4 aromatic rings. The van der Waals surface area contributed by atoms with Crippen molar-refractivity contribution in [1.82, 2.24) is 4.90 Å². The summed E-state index contributed by atoms with van der Waals surface area (Å²) in [5.74, 6) is -0.269. The Labute approximate surface area is 218 Å². The summed E-state index contributed by atoms with van der Waals surface area (Å²) in [6.07, 6.45) is 1.57. The summed E-state index contributed by atoms with van der Waals surface area (Å²) in [6.45, 7) is 0.208. The van der Waals surface area contributed by atoms with Gasteiger partial charge in [0.1, 0.15) is 6.67 Å². The van der Waals surface area contributed by atoms with Crippen LogP contribution in [0, 0.1) is 10.1 Å². The van der Waals surface area contributed by atoms with Crippen LogP contribution in [0.4, 0.5) is 22.7 Å². The highest BCUT2D eigenvalue weighted by Gasteiger charge is 2.35. The van der Waals surface area contributed by atoms with Gasteiger partial charge in [-0.25, -0.2) is 4.99 Å². The van der Waals surface area contributed by atoms with Crippen LogP contribution in [0.15, 0.2) is 125 Å². The van der Waals surface area contributed by atoms with Gasteiger partial charge in [0.05, 0.1) is 21.1 Å². The van der Waals surface area contributed by atoms with Gasteiger partial charge in [-0.15, -0.1) is 0 Å². The van der Waals surface area contributed by atoms with E-state index in [1.165, 1.54) is 17.8 Å². The highest BCUT2D eigenvalue weighted by atomic mass is 32.2. The number of anilines is 2. The number of aliphatic imine (C=N–C) groups is 1. The van der Waals surface area contributed by atoms with Gasteiger partial charge in [0, 0.05) is 17.4 Å². The van der Waals surface area contributed by atoms with Crippen molar-refractivity contribution in [2.75, 3.05) is 11.6 Å². The fourth-order valence-corrected chi connectivity index (χ4v) is 4.90. The maximum atomic E-state index is 13.7. The minimum Gasteiger partial charge on any atom is -0.323 e. The summed E-state index contributed by atoms with van der Waals surface area (Å²) in [7, 11) is 0. The maximum absolute atomic E-state index is 13.7. The number of hydrogen-bond acceptors (Lipinski definition) is 6. The second kappa shape index (κ2) is 10.9. The van der Waals surface area contributed by atoms with Crippen LogP contribution in [0.1, 0.15) is 5.56 Å².